The molecule has 3 nitrogen and oxygen atoms in total. The summed E-state index contributed by atoms with van der Waals surface area (Å²) in [5, 5.41) is 9.40. The molecule has 4 heteroatoms. The van der Waals surface area contributed by atoms with Gasteiger partial charge < -0.3 is 16.6 Å². The maximum absolute atomic E-state index is 12.9. The zero-order valence-electron chi connectivity index (χ0n) is 8.07. The van der Waals surface area contributed by atoms with Crippen molar-refractivity contribution in [2.75, 3.05) is 6.54 Å². The highest BCUT2D eigenvalue weighted by Crippen LogP contribution is 2.17. The van der Waals surface area contributed by atoms with Crippen molar-refractivity contribution in [1.82, 2.24) is 0 Å². The standard InChI is InChI=1S/C10H15FN2O/c1-6-4-7(2-3-8(6)11)10(13)9(14)5-12/h2-4,9-10,14H,5,12-13H2,1H3. The molecule has 0 aliphatic rings. The van der Waals surface area contributed by atoms with Gasteiger partial charge in [-0.15, -0.1) is 0 Å². The summed E-state index contributed by atoms with van der Waals surface area (Å²) in [6, 6.07) is 3.97. The van der Waals surface area contributed by atoms with Crippen LogP contribution in [0.3, 0.4) is 0 Å². The minimum Gasteiger partial charge on any atom is -0.390 e. The monoisotopic (exact) mass is 198 g/mol. The van der Waals surface area contributed by atoms with Crippen molar-refractivity contribution in [3.8, 4) is 0 Å². The molecule has 1 aromatic rings. The average molecular weight is 198 g/mol. The van der Waals surface area contributed by atoms with Gasteiger partial charge in [-0.05, 0) is 24.1 Å². The first-order valence-corrected chi connectivity index (χ1v) is 4.46. The summed E-state index contributed by atoms with van der Waals surface area (Å²) in [6.45, 7) is 1.75. The summed E-state index contributed by atoms with van der Waals surface area (Å²) < 4.78 is 12.9. The molecule has 0 aliphatic carbocycles. The first kappa shape index (κ1) is 11.1. The van der Waals surface area contributed by atoms with Crippen LogP contribution in [0.4, 0.5) is 4.39 Å². The van der Waals surface area contributed by atoms with Gasteiger partial charge in [0, 0.05) is 6.54 Å². The third-order valence-corrected chi connectivity index (χ3v) is 2.22. The van der Waals surface area contributed by atoms with Crippen molar-refractivity contribution < 1.29 is 9.50 Å². The second-order valence-corrected chi connectivity index (χ2v) is 3.34. The molecule has 5 N–H and O–H groups in total. The van der Waals surface area contributed by atoms with Gasteiger partial charge in [0.1, 0.15) is 5.82 Å². The van der Waals surface area contributed by atoms with Gasteiger partial charge >= 0.3 is 0 Å². The lowest BCUT2D eigenvalue weighted by molar-refractivity contribution is 0.153. The number of aliphatic hydroxyl groups excluding tert-OH is 1. The highest BCUT2D eigenvalue weighted by molar-refractivity contribution is 5.27. The molecule has 0 bridgehead atoms. The summed E-state index contributed by atoms with van der Waals surface area (Å²) in [6.07, 6.45) is -0.792. The van der Waals surface area contributed by atoms with E-state index in [9.17, 15) is 9.50 Å². The fraction of sp³-hybridized carbons (Fsp3) is 0.400. The zero-order valence-corrected chi connectivity index (χ0v) is 8.07. The smallest absolute Gasteiger partial charge is 0.126 e. The van der Waals surface area contributed by atoms with Crippen molar-refractivity contribution in [3.63, 3.8) is 0 Å². The summed E-state index contributed by atoms with van der Waals surface area (Å²) in [4.78, 5) is 0. The molecule has 0 heterocycles. The van der Waals surface area contributed by atoms with Gasteiger partial charge in [0.05, 0.1) is 12.1 Å². The fourth-order valence-electron chi connectivity index (χ4n) is 1.24. The Labute approximate surface area is 82.5 Å². The lowest BCUT2D eigenvalue weighted by Crippen LogP contribution is -2.32. The van der Waals surface area contributed by atoms with E-state index >= 15 is 0 Å². The Morgan fingerprint density at radius 3 is 2.64 bits per heavy atom. The predicted octanol–water partition coefficient (Wildman–Crippen LogP) is 0.454. The Morgan fingerprint density at radius 1 is 1.50 bits per heavy atom. The van der Waals surface area contributed by atoms with E-state index in [4.69, 9.17) is 11.5 Å². The maximum Gasteiger partial charge on any atom is 0.126 e. The SMILES string of the molecule is Cc1cc(C(N)C(O)CN)ccc1F. The van der Waals surface area contributed by atoms with Crippen molar-refractivity contribution in [1.29, 1.82) is 0 Å². The van der Waals surface area contributed by atoms with Gasteiger partial charge in [0.15, 0.2) is 0 Å². The number of hydrogen-bond donors (Lipinski definition) is 3. The van der Waals surface area contributed by atoms with E-state index in [1.807, 2.05) is 0 Å². The fourth-order valence-corrected chi connectivity index (χ4v) is 1.24. The normalized spacial score (nSPS) is 15.2. The molecule has 1 aromatic carbocycles. The number of hydrogen-bond acceptors (Lipinski definition) is 3. The van der Waals surface area contributed by atoms with Gasteiger partial charge in [-0.1, -0.05) is 12.1 Å². The summed E-state index contributed by atoms with van der Waals surface area (Å²) in [5.74, 6) is -0.275. The molecule has 0 fully saturated rings. The van der Waals surface area contributed by atoms with E-state index < -0.39 is 12.1 Å². The largest absolute Gasteiger partial charge is 0.390 e. The molecule has 0 amide bonds. The molecule has 2 atom stereocenters. The molecule has 0 aromatic heterocycles. The van der Waals surface area contributed by atoms with Crippen LogP contribution in [0.15, 0.2) is 18.2 Å². The van der Waals surface area contributed by atoms with Gasteiger partial charge in [-0.3, -0.25) is 0 Å². The van der Waals surface area contributed by atoms with Crippen molar-refractivity contribution in [2.45, 2.75) is 19.1 Å². The van der Waals surface area contributed by atoms with Crippen molar-refractivity contribution in [3.05, 3.63) is 35.1 Å². The average Bonchev–Trinajstić information content (AvgIpc) is 2.20. The maximum atomic E-state index is 12.9. The molecule has 0 saturated carbocycles. The number of aliphatic hydroxyl groups is 1. The minimum absolute atomic E-state index is 0.0948. The molecule has 2 unspecified atom stereocenters. The number of benzene rings is 1. The topological polar surface area (TPSA) is 72.3 Å². The van der Waals surface area contributed by atoms with E-state index in [0.29, 0.717) is 11.1 Å². The van der Waals surface area contributed by atoms with E-state index in [-0.39, 0.29) is 12.4 Å². The van der Waals surface area contributed by atoms with Crippen LogP contribution in [0.1, 0.15) is 17.2 Å². The van der Waals surface area contributed by atoms with Crippen molar-refractivity contribution in [2.24, 2.45) is 11.5 Å². The van der Waals surface area contributed by atoms with Gasteiger partial charge in [-0.25, -0.2) is 4.39 Å². The summed E-state index contributed by atoms with van der Waals surface area (Å²) in [7, 11) is 0. The third-order valence-electron chi connectivity index (χ3n) is 2.22. The van der Waals surface area contributed by atoms with E-state index in [0.717, 1.165) is 0 Å². The van der Waals surface area contributed by atoms with Crippen LogP contribution >= 0.6 is 0 Å². The second kappa shape index (κ2) is 4.50. The minimum atomic E-state index is -0.792. The van der Waals surface area contributed by atoms with Crippen LogP contribution in [0.25, 0.3) is 0 Å². The van der Waals surface area contributed by atoms with Gasteiger partial charge in [-0.2, -0.15) is 0 Å². The molecule has 1 rings (SSSR count). The molecule has 14 heavy (non-hydrogen) atoms. The Kier molecular flexibility index (Phi) is 3.57. The first-order valence-electron chi connectivity index (χ1n) is 4.46. The van der Waals surface area contributed by atoms with Crippen molar-refractivity contribution >= 4 is 0 Å². The summed E-state index contributed by atoms with van der Waals surface area (Å²) >= 11 is 0. The molecule has 78 valence electrons. The Hall–Kier alpha value is -0.970. The highest BCUT2D eigenvalue weighted by Gasteiger charge is 2.15. The summed E-state index contributed by atoms with van der Waals surface area (Å²) in [5.41, 5.74) is 12.2. The lowest BCUT2D eigenvalue weighted by atomic mass is 10.0. The predicted molar refractivity (Wildman–Crippen MR) is 53.1 cm³/mol. The van der Waals surface area contributed by atoms with E-state index in [1.54, 1.807) is 19.1 Å². The second-order valence-electron chi connectivity index (χ2n) is 3.34. The molecule has 0 radical (unpaired) electrons. The molecule has 0 aliphatic heterocycles. The highest BCUT2D eigenvalue weighted by atomic mass is 19.1. The molecular formula is C10H15FN2O. The zero-order chi connectivity index (χ0) is 10.7. The third kappa shape index (κ3) is 2.29. The lowest BCUT2D eigenvalue weighted by Gasteiger charge is -2.17. The Balaban J connectivity index is 2.91. The number of aryl methyl sites for hydroxylation is 1. The Morgan fingerprint density at radius 2 is 2.14 bits per heavy atom. The molecular weight excluding hydrogens is 183 g/mol. The number of nitrogens with two attached hydrogens (primary N) is 2. The van der Waals surface area contributed by atoms with Crippen LogP contribution < -0.4 is 11.5 Å². The number of rotatable bonds is 3. The van der Waals surface area contributed by atoms with Crippen LogP contribution in [0, 0.1) is 12.7 Å². The van der Waals surface area contributed by atoms with Crippen LogP contribution in [0.5, 0.6) is 0 Å². The molecule has 0 saturated heterocycles. The van der Waals surface area contributed by atoms with Crippen LogP contribution in [-0.4, -0.2) is 17.8 Å². The van der Waals surface area contributed by atoms with E-state index in [2.05, 4.69) is 0 Å². The number of halogens is 1. The quantitative estimate of drug-likeness (QED) is 0.660. The van der Waals surface area contributed by atoms with Gasteiger partial charge in [0.25, 0.3) is 0 Å². The Bertz CT molecular complexity index is 317. The molecule has 0 spiro atoms. The van der Waals surface area contributed by atoms with Crippen LogP contribution in [-0.2, 0) is 0 Å². The van der Waals surface area contributed by atoms with E-state index in [1.165, 1.54) is 6.07 Å². The first-order chi connectivity index (χ1) is 6.56. The van der Waals surface area contributed by atoms with Crippen LogP contribution in [0.2, 0.25) is 0 Å². The van der Waals surface area contributed by atoms with Gasteiger partial charge in [0.2, 0.25) is 0 Å².